The Labute approximate surface area is 119 Å². The van der Waals surface area contributed by atoms with Crippen LogP contribution in [0.15, 0.2) is 0 Å². The van der Waals surface area contributed by atoms with Crippen LogP contribution in [0, 0.1) is 11.8 Å². The van der Waals surface area contributed by atoms with Gasteiger partial charge >= 0.3 is 6.03 Å². The van der Waals surface area contributed by atoms with Crippen LogP contribution in [0.25, 0.3) is 0 Å². The molecule has 2 saturated carbocycles. The van der Waals surface area contributed by atoms with E-state index in [1.54, 1.807) is 0 Å². The van der Waals surface area contributed by atoms with Gasteiger partial charge in [0.05, 0.1) is 0 Å². The lowest BCUT2D eigenvalue weighted by Gasteiger charge is -2.38. The molecule has 4 amide bonds. The van der Waals surface area contributed by atoms with Gasteiger partial charge in [0.1, 0.15) is 5.92 Å². The molecule has 0 bridgehead atoms. The van der Waals surface area contributed by atoms with Gasteiger partial charge < -0.3 is 0 Å². The molecule has 5 heteroatoms. The number of carbonyl (C=O) groups excluding carboxylic acids is 3. The highest BCUT2D eigenvalue weighted by Gasteiger charge is 2.47. The highest BCUT2D eigenvalue weighted by molar-refractivity contribution is 6.16. The van der Waals surface area contributed by atoms with E-state index in [0.717, 1.165) is 51.4 Å². The van der Waals surface area contributed by atoms with E-state index in [2.05, 4.69) is 5.32 Å². The second-order valence-corrected chi connectivity index (χ2v) is 6.32. The molecule has 3 aliphatic rings. The van der Waals surface area contributed by atoms with Crippen LogP contribution in [0.1, 0.15) is 57.8 Å². The highest BCUT2D eigenvalue weighted by Crippen LogP contribution is 2.34. The molecule has 1 unspecified atom stereocenters. The fourth-order valence-corrected chi connectivity index (χ4v) is 4.00. The molecule has 3 fully saturated rings. The van der Waals surface area contributed by atoms with Crippen molar-refractivity contribution < 1.29 is 14.4 Å². The monoisotopic (exact) mass is 278 g/mol. The number of amides is 4. The second kappa shape index (κ2) is 5.54. The van der Waals surface area contributed by atoms with Gasteiger partial charge in [0.2, 0.25) is 11.8 Å². The summed E-state index contributed by atoms with van der Waals surface area (Å²) in [4.78, 5) is 38.1. The molecule has 1 saturated heterocycles. The standard InChI is InChI=1S/C15H22N2O3/c18-13-12(10-6-2-1-3-7-10)14(19)17(15(20)16-13)11-8-4-5-9-11/h10-12H,1-9H2,(H,16,18,20). The van der Waals surface area contributed by atoms with Crippen LogP contribution in [0.5, 0.6) is 0 Å². The van der Waals surface area contributed by atoms with Crippen molar-refractivity contribution in [2.45, 2.75) is 63.8 Å². The summed E-state index contributed by atoms with van der Waals surface area (Å²) in [5.41, 5.74) is 0. The van der Waals surface area contributed by atoms with Crippen molar-refractivity contribution in [3.05, 3.63) is 0 Å². The lowest BCUT2D eigenvalue weighted by molar-refractivity contribution is -0.147. The summed E-state index contributed by atoms with van der Waals surface area (Å²) in [6, 6.07) is -0.499. The summed E-state index contributed by atoms with van der Waals surface area (Å²) in [6.07, 6.45) is 9.08. The first kappa shape index (κ1) is 13.6. The Bertz CT molecular complexity index is 423. The summed E-state index contributed by atoms with van der Waals surface area (Å²) in [5.74, 6) is -1.12. The molecule has 0 aromatic carbocycles. The van der Waals surface area contributed by atoms with Gasteiger partial charge in [0.25, 0.3) is 0 Å². The highest BCUT2D eigenvalue weighted by atomic mass is 16.2. The average molecular weight is 278 g/mol. The SMILES string of the molecule is O=C1NC(=O)N(C2CCCC2)C(=O)C1C1CCCCC1. The van der Waals surface area contributed by atoms with E-state index >= 15 is 0 Å². The maximum atomic E-state index is 12.7. The van der Waals surface area contributed by atoms with Gasteiger partial charge in [-0.25, -0.2) is 4.79 Å². The van der Waals surface area contributed by atoms with Crippen LogP contribution in [-0.2, 0) is 9.59 Å². The number of rotatable bonds is 2. The van der Waals surface area contributed by atoms with Crippen molar-refractivity contribution in [1.82, 2.24) is 10.2 Å². The summed E-state index contributed by atoms with van der Waals surface area (Å²) in [6.45, 7) is 0. The largest absolute Gasteiger partial charge is 0.331 e. The van der Waals surface area contributed by atoms with Crippen LogP contribution in [0.2, 0.25) is 0 Å². The third kappa shape index (κ3) is 2.34. The second-order valence-electron chi connectivity index (χ2n) is 6.32. The van der Waals surface area contributed by atoms with E-state index in [1.807, 2.05) is 0 Å². The average Bonchev–Trinajstić information content (AvgIpc) is 2.93. The van der Waals surface area contributed by atoms with Crippen LogP contribution >= 0.6 is 0 Å². The van der Waals surface area contributed by atoms with Gasteiger partial charge in [0.15, 0.2) is 0 Å². The molecule has 2 aliphatic carbocycles. The van der Waals surface area contributed by atoms with Crippen LogP contribution in [0.4, 0.5) is 4.79 Å². The summed E-state index contributed by atoms with van der Waals surface area (Å²) in [7, 11) is 0. The normalized spacial score (nSPS) is 29.9. The molecule has 1 N–H and O–H groups in total. The molecular formula is C15H22N2O3. The number of imide groups is 2. The van der Waals surface area contributed by atoms with Crippen molar-refractivity contribution in [1.29, 1.82) is 0 Å². The fourth-order valence-electron chi connectivity index (χ4n) is 4.00. The van der Waals surface area contributed by atoms with Gasteiger partial charge in [-0.3, -0.25) is 19.8 Å². The number of hydrogen-bond acceptors (Lipinski definition) is 3. The lowest BCUT2D eigenvalue weighted by Crippen LogP contribution is -2.62. The predicted octanol–water partition coefficient (Wildman–Crippen LogP) is 2.20. The Hall–Kier alpha value is -1.39. The molecule has 0 aromatic rings. The first-order valence-corrected chi connectivity index (χ1v) is 7.86. The molecule has 20 heavy (non-hydrogen) atoms. The zero-order valence-corrected chi connectivity index (χ0v) is 11.8. The molecule has 3 rings (SSSR count). The third-order valence-corrected chi connectivity index (χ3v) is 5.05. The van der Waals surface area contributed by atoms with Crippen molar-refractivity contribution in [2.24, 2.45) is 11.8 Å². The Morgan fingerprint density at radius 1 is 0.850 bits per heavy atom. The van der Waals surface area contributed by atoms with E-state index in [9.17, 15) is 14.4 Å². The lowest BCUT2D eigenvalue weighted by atomic mass is 9.78. The topological polar surface area (TPSA) is 66.5 Å². The Kier molecular flexibility index (Phi) is 3.76. The first-order valence-electron chi connectivity index (χ1n) is 7.86. The molecule has 1 atom stereocenters. The van der Waals surface area contributed by atoms with Crippen molar-refractivity contribution >= 4 is 17.8 Å². The van der Waals surface area contributed by atoms with Crippen LogP contribution in [-0.4, -0.2) is 28.8 Å². The van der Waals surface area contributed by atoms with Crippen molar-refractivity contribution in [3.63, 3.8) is 0 Å². The minimum Gasteiger partial charge on any atom is -0.277 e. The third-order valence-electron chi connectivity index (χ3n) is 5.05. The smallest absolute Gasteiger partial charge is 0.277 e. The maximum Gasteiger partial charge on any atom is 0.331 e. The van der Waals surface area contributed by atoms with Gasteiger partial charge in [-0.15, -0.1) is 0 Å². The van der Waals surface area contributed by atoms with Gasteiger partial charge in [-0.05, 0) is 31.6 Å². The Morgan fingerprint density at radius 3 is 2.10 bits per heavy atom. The molecule has 0 radical (unpaired) electrons. The van der Waals surface area contributed by atoms with E-state index in [4.69, 9.17) is 0 Å². The van der Waals surface area contributed by atoms with Crippen molar-refractivity contribution in [3.8, 4) is 0 Å². The van der Waals surface area contributed by atoms with E-state index in [1.165, 1.54) is 11.3 Å². The van der Waals surface area contributed by atoms with Gasteiger partial charge in [0, 0.05) is 6.04 Å². The maximum absolute atomic E-state index is 12.7. The fraction of sp³-hybridized carbons (Fsp3) is 0.800. The van der Waals surface area contributed by atoms with Crippen molar-refractivity contribution in [2.75, 3.05) is 0 Å². The predicted molar refractivity (Wildman–Crippen MR) is 72.7 cm³/mol. The molecule has 110 valence electrons. The number of urea groups is 1. The first-order chi connectivity index (χ1) is 9.68. The van der Waals surface area contributed by atoms with Crippen LogP contribution < -0.4 is 5.32 Å². The number of hydrogen-bond donors (Lipinski definition) is 1. The quantitative estimate of drug-likeness (QED) is 0.787. The summed E-state index contributed by atoms with van der Waals surface area (Å²) in [5, 5.41) is 2.41. The van der Waals surface area contributed by atoms with E-state index in [0.29, 0.717) is 0 Å². The zero-order valence-electron chi connectivity index (χ0n) is 11.8. The molecule has 1 heterocycles. The zero-order chi connectivity index (χ0) is 14.1. The van der Waals surface area contributed by atoms with E-state index < -0.39 is 11.9 Å². The molecule has 5 nitrogen and oxygen atoms in total. The van der Waals surface area contributed by atoms with Gasteiger partial charge in [-0.2, -0.15) is 0 Å². The minimum absolute atomic E-state index is 0.00157. The molecular weight excluding hydrogens is 256 g/mol. The molecule has 0 aromatic heterocycles. The number of nitrogens with one attached hydrogen (secondary N) is 1. The van der Waals surface area contributed by atoms with Crippen LogP contribution in [0.3, 0.4) is 0 Å². The number of barbiturate groups is 1. The Morgan fingerprint density at radius 2 is 1.45 bits per heavy atom. The molecule has 0 spiro atoms. The van der Waals surface area contributed by atoms with E-state index in [-0.39, 0.29) is 23.8 Å². The summed E-state index contributed by atoms with van der Waals surface area (Å²) >= 11 is 0. The number of carbonyl (C=O) groups is 3. The molecule has 1 aliphatic heterocycles. The minimum atomic E-state index is -0.631. The summed E-state index contributed by atoms with van der Waals surface area (Å²) < 4.78 is 0. The Balaban J connectivity index is 1.80. The number of nitrogens with zero attached hydrogens (tertiary/aromatic N) is 1. The van der Waals surface area contributed by atoms with Gasteiger partial charge in [-0.1, -0.05) is 32.1 Å².